The molecule has 1 N–H and O–H groups in total. The van der Waals surface area contributed by atoms with Gasteiger partial charge >= 0.3 is 6.18 Å². The number of halogens is 4. The van der Waals surface area contributed by atoms with E-state index in [4.69, 9.17) is 11.6 Å². The molecule has 2 aromatic carbocycles. The van der Waals surface area contributed by atoms with Gasteiger partial charge < -0.3 is 15.1 Å². The van der Waals surface area contributed by atoms with E-state index in [-0.39, 0.29) is 11.4 Å². The molecule has 13 heteroatoms. The normalized spacial score (nSPS) is 14.8. The highest BCUT2D eigenvalue weighted by Gasteiger charge is 2.32. The summed E-state index contributed by atoms with van der Waals surface area (Å²) in [5, 5.41) is 15.1. The maximum atomic E-state index is 13.4. The SMILES string of the molecule is CCN1CCN(c2ccc(C(F)(F)F)cc2NC(=O)CSc2nnnn2-c2ccc(Cl)cc2)CC1. The van der Waals surface area contributed by atoms with E-state index in [0.717, 1.165) is 43.5 Å². The molecule has 0 aliphatic carbocycles. The van der Waals surface area contributed by atoms with Gasteiger partial charge in [0.25, 0.3) is 0 Å². The van der Waals surface area contributed by atoms with Gasteiger partial charge in [-0.3, -0.25) is 4.79 Å². The maximum absolute atomic E-state index is 13.4. The maximum Gasteiger partial charge on any atom is 0.416 e. The standard InChI is InChI=1S/C22H23ClF3N7OS/c1-2-31-9-11-32(12-10-31)19-8-3-15(22(24,25)26)13-18(19)27-20(34)14-35-21-28-29-30-33(21)17-6-4-16(23)5-7-17/h3-8,13H,2,9-12,14H2,1H3,(H,27,34). The molecule has 0 bridgehead atoms. The minimum absolute atomic E-state index is 0.0900. The number of benzene rings is 2. The molecule has 1 aliphatic heterocycles. The van der Waals surface area contributed by atoms with Crippen LogP contribution in [0.15, 0.2) is 47.6 Å². The Labute approximate surface area is 209 Å². The zero-order valence-electron chi connectivity index (χ0n) is 18.8. The number of nitrogens with zero attached hydrogens (tertiary/aromatic N) is 6. The number of thioether (sulfide) groups is 1. The average molecular weight is 526 g/mol. The molecule has 186 valence electrons. The summed E-state index contributed by atoms with van der Waals surface area (Å²) in [5.41, 5.74) is 0.544. The molecule has 2 heterocycles. The molecule has 0 spiro atoms. The molecule has 4 rings (SSSR count). The molecule has 3 aromatic rings. The van der Waals surface area contributed by atoms with Crippen molar-refractivity contribution in [3.05, 3.63) is 53.1 Å². The van der Waals surface area contributed by atoms with Crippen LogP contribution in [0.2, 0.25) is 5.02 Å². The number of carbonyl (C=O) groups is 1. The summed E-state index contributed by atoms with van der Waals surface area (Å²) in [4.78, 5) is 17.0. The predicted octanol–water partition coefficient (Wildman–Crippen LogP) is 4.21. The van der Waals surface area contributed by atoms with Crippen LogP contribution in [0.1, 0.15) is 12.5 Å². The van der Waals surface area contributed by atoms with Gasteiger partial charge in [0.05, 0.1) is 28.4 Å². The molecule has 1 saturated heterocycles. The van der Waals surface area contributed by atoms with Crippen molar-refractivity contribution >= 4 is 40.6 Å². The van der Waals surface area contributed by atoms with Crippen molar-refractivity contribution in [2.75, 3.05) is 48.7 Å². The van der Waals surface area contributed by atoms with E-state index < -0.39 is 17.6 Å². The predicted molar refractivity (Wildman–Crippen MR) is 129 cm³/mol. The first-order valence-corrected chi connectivity index (χ1v) is 12.3. The Hall–Kier alpha value is -2.83. The molecule has 0 unspecified atom stereocenters. The Bertz CT molecular complexity index is 1160. The van der Waals surface area contributed by atoms with E-state index in [1.165, 1.54) is 10.7 Å². The Morgan fingerprint density at radius 1 is 1.11 bits per heavy atom. The zero-order chi connectivity index (χ0) is 25.0. The van der Waals surface area contributed by atoms with Crippen LogP contribution in [0, 0.1) is 0 Å². The summed E-state index contributed by atoms with van der Waals surface area (Å²) < 4.78 is 41.6. The number of piperazine rings is 1. The lowest BCUT2D eigenvalue weighted by atomic mass is 10.1. The molecular formula is C22H23ClF3N7OS. The number of rotatable bonds is 7. The second-order valence-corrected chi connectivity index (χ2v) is 9.22. The first-order valence-electron chi connectivity index (χ1n) is 10.9. The number of aromatic nitrogens is 4. The fraction of sp³-hybridized carbons (Fsp3) is 0.364. The Morgan fingerprint density at radius 2 is 1.83 bits per heavy atom. The van der Waals surface area contributed by atoms with Gasteiger partial charge in [-0.1, -0.05) is 30.3 Å². The van der Waals surface area contributed by atoms with Crippen LogP contribution in [-0.4, -0.2) is 69.5 Å². The number of carbonyl (C=O) groups excluding carboxylic acids is 1. The van der Waals surface area contributed by atoms with E-state index in [2.05, 4.69) is 32.7 Å². The van der Waals surface area contributed by atoms with E-state index in [9.17, 15) is 18.0 Å². The smallest absolute Gasteiger partial charge is 0.367 e. The third kappa shape index (κ3) is 6.24. The van der Waals surface area contributed by atoms with Crippen LogP contribution >= 0.6 is 23.4 Å². The van der Waals surface area contributed by atoms with Crippen LogP contribution in [-0.2, 0) is 11.0 Å². The lowest BCUT2D eigenvalue weighted by molar-refractivity contribution is -0.137. The number of alkyl halides is 3. The lowest BCUT2D eigenvalue weighted by Crippen LogP contribution is -2.46. The first kappa shape index (κ1) is 25.3. The molecular weight excluding hydrogens is 503 g/mol. The van der Waals surface area contributed by atoms with Crippen LogP contribution < -0.4 is 10.2 Å². The Morgan fingerprint density at radius 3 is 2.49 bits per heavy atom. The highest BCUT2D eigenvalue weighted by molar-refractivity contribution is 7.99. The lowest BCUT2D eigenvalue weighted by Gasteiger charge is -2.36. The summed E-state index contributed by atoms with van der Waals surface area (Å²) in [6, 6.07) is 10.3. The summed E-state index contributed by atoms with van der Waals surface area (Å²) in [5.74, 6) is -0.554. The molecule has 1 aromatic heterocycles. The van der Waals surface area contributed by atoms with Gasteiger partial charge in [0.1, 0.15) is 0 Å². The van der Waals surface area contributed by atoms with Gasteiger partial charge in [0, 0.05) is 31.2 Å². The van der Waals surface area contributed by atoms with Gasteiger partial charge in [-0.25, -0.2) is 0 Å². The van der Waals surface area contributed by atoms with Gasteiger partial charge in [-0.05, 0) is 59.4 Å². The van der Waals surface area contributed by atoms with Crippen molar-refractivity contribution in [2.45, 2.75) is 18.3 Å². The van der Waals surface area contributed by atoms with Gasteiger partial charge in [-0.15, -0.1) is 5.10 Å². The Balaban J connectivity index is 1.48. The third-order valence-corrected chi connectivity index (χ3v) is 6.77. The Kier molecular flexibility index (Phi) is 7.82. The number of anilines is 2. The van der Waals surface area contributed by atoms with Crippen LogP contribution in [0.25, 0.3) is 5.69 Å². The molecule has 8 nitrogen and oxygen atoms in total. The van der Waals surface area contributed by atoms with Crippen LogP contribution in [0.3, 0.4) is 0 Å². The van der Waals surface area contributed by atoms with Crippen molar-refractivity contribution in [1.29, 1.82) is 0 Å². The molecule has 35 heavy (non-hydrogen) atoms. The summed E-state index contributed by atoms with van der Waals surface area (Å²) in [6.07, 6.45) is -4.52. The van der Waals surface area contributed by atoms with Crippen molar-refractivity contribution in [3.8, 4) is 5.69 Å². The monoisotopic (exact) mass is 525 g/mol. The van der Waals surface area contributed by atoms with E-state index in [1.54, 1.807) is 24.3 Å². The summed E-state index contributed by atoms with van der Waals surface area (Å²) in [7, 11) is 0. The van der Waals surface area contributed by atoms with Crippen molar-refractivity contribution in [3.63, 3.8) is 0 Å². The molecule has 1 aliphatic rings. The number of likely N-dealkylation sites (N-methyl/N-ethyl adjacent to an activating group) is 1. The van der Waals surface area contributed by atoms with Gasteiger partial charge in [0.2, 0.25) is 11.1 Å². The highest BCUT2D eigenvalue weighted by atomic mass is 35.5. The fourth-order valence-electron chi connectivity index (χ4n) is 3.72. The fourth-order valence-corrected chi connectivity index (χ4v) is 4.54. The van der Waals surface area contributed by atoms with Crippen molar-refractivity contribution in [2.24, 2.45) is 0 Å². The number of nitrogens with one attached hydrogen (secondary N) is 1. The van der Waals surface area contributed by atoms with Crippen molar-refractivity contribution < 1.29 is 18.0 Å². The number of tetrazole rings is 1. The number of hydrogen-bond acceptors (Lipinski definition) is 7. The van der Waals surface area contributed by atoms with Crippen LogP contribution in [0.4, 0.5) is 24.5 Å². The van der Waals surface area contributed by atoms with E-state index >= 15 is 0 Å². The number of hydrogen-bond donors (Lipinski definition) is 1. The molecule has 1 amide bonds. The minimum Gasteiger partial charge on any atom is -0.367 e. The number of amides is 1. The summed E-state index contributed by atoms with van der Waals surface area (Å²) >= 11 is 6.99. The minimum atomic E-state index is -4.52. The molecule has 1 fully saturated rings. The van der Waals surface area contributed by atoms with E-state index in [1.807, 2.05) is 4.90 Å². The van der Waals surface area contributed by atoms with Crippen molar-refractivity contribution in [1.82, 2.24) is 25.1 Å². The summed E-state index contributed by atoms with van der Waals surface area (Å²) in [6.45, 7) is 5.90. The second-order valence-electron chi connectivity index (χ2n) is 7.84. The third-order valence-electron chi connectivity index (χ3n) is 5.60. The quantitative estimate of drug-likeness (QED) is 0.463. The molecule has 0 radical (unpaired) electrons. The molecule has 0 saturated carbocycles. The second kappa shape index (κ2) is 10.8. The molecule has 0 atom stereocenters. The van der Waals surface area contributed by atoms with Gasteiger partial charge in [0.15, 0.2) is 0 Å². The van der Waals surface area contributed by atoms with Gasteiger partial charge in [-0.2, -0.15) is 17.9 Å². The van der Waals surface area contributed by atoms with E-state index in [0.29, 0.717) is 34.6 Å². The first-order chi connectivity index (χ1) is 16.7. The average Bonchev–Trinajstić information content (AvgIpc) is 3.31. The van der Waals surface area contributed by atoms with Crippen LogP contribution in [0.5, 0.6) is 0 Å². The zero-order valence-corrected chi connectivity index (χ0v) is 20.4. The topological polar surface area (TPSA) is 79.2 Å². The highest BCUT2D eigenvalue weighted by Crippen LogP contribution is 2.36. The largest absolute Gasteiger partial charge is 0.416 e.